The molecule has 0 aliphatic heterocycles. The van der Waals surface area contributed by atoms with Crippen LogP contribution in [0.3, 0.4) is 0 Å². The minimum Gasteiger partial charge on any atom is -0.223 e. The van der Waals surface area contributed by atoms with Crippen LogP contribution in [0.2, 0.25) is 0 Å². The Balaban J connectivity index is 2.19. The lowest BCUT2D eigenvalue weighted by Gasteiger charge is -2.18. The Morgan fingerprint density at radius 3 is 1.62 bits per heavy atom. The normalized spacial score (nSPS) is 13.1. The molecule has 184 valence electrons. The second-order valence-electron chi connectivity index (χ2n) is 9.35. The van der Waals surface area contributed by atoms with Crippen LogP contribution >= 0.6 is 0 Å². The van der Waals surface area contributed by atoms with Gasteiger partial charge in [-0.1, -0.05) is 121 Å². The van der Waals surface area contributed by atoms with E-state index in [2.05, 4.69) is 26.0 Å². The third-order valence-corrected chi connectivity index (χ3v) is 8.71. The molecule has 0 bridgehead atoms. The van der Waals surface area contributed by atoms with Crippen LogP contribution < -0.4 is 0 Å². The van der Waals surface area contributed by atoms with Crippen LogP contribution in [0.15, 0.2) is 47.4 Å². The Labute approximate surface area is 200 Å². The van der Waals surface area contributed by atoms with E-state index in [9.17, 15) is 8.42 Å². The lowest BCUT2D eigenvalue weighted by atomic mass is 10.0. The summed E-state index contributed by atoms with van der Waals surface area (Å²) in [5.41, 5.74) is 0. The van der Waals surface area contributed by atoms with E-state index in [1.54, 1.807) is 12.1 Å². The van der Waals surface area contributed by atoms with Crippen molar-refractivity contribution in [2.75, 3.05) is 0 Å². The highest BCUT2D eigenvalue weighted by Gasteiger charge is 2.26. The highest BCUT2D eigenvalue weighted by atomic mass is 32.2. The van der Waals surface area contributed by atoms with E-state index < -0.39 is 9.84 Å². The zero-order chi connectivity index (χ0) is 23.3. The number of hydrogen-bond donors (Lipinski definition) is 0. The van der Waals surface area contributed by atoms with E-state index in [1.807, 2.05) is 18.2 Å². The molecule has 1 atom stereocenters. The lowest BCUT2D eigenvalue weighted by Crippen LogP contribution is -2.21. The molecular weight excluding hydrogens is 412 g/mol. The Kier molecular flexibility index (Phi) is 17.5. The third kappa shape index (κ3) is 13.5. The quantitative estimate of drug-likeness (QED) is 0.135. The van der Waals surface area contributed by atoms with Gasteiger partial charge in [0.05, 0.1) is 10.1 Å². The summed E-state index contributed by atoms with van der Waals surface area (Å²) in [4.78, 5) is 0.495. The molecule has 0 aliphatic rings. The summed E-state index contributed by atoms with van der Waals surface area (Å²) in [6.07, 6.45) is 26.2. The number of hydrogen-bond acceptors (Lipinski definition) is 2. The molecule has 0 spiro atoms. The van der Waals surface area contributed by atoms with Crippen molar-refractivity contribution in [3.05, 3.63) is 42.5 Å². The smallest absolute Gasteiger partial charge is 0.181 e. The van der Waals surface area contributed by atoms with E-state index in [1.165, 1.54) is 70.6 Å². The van der Waals surface area contributed by atoms with Gasteiger partial charge in [0.15, 0.2) is 9.84 Å². The fourth-order valence-electron chi connectivity index (χ4n) is 4.32. The van der Waals surface area contributed by atoms with Gasteiger partial charge in [-0.05, 0) is 50.7 Å². The fourth-order valence-corrected chi connectivity index (χ4v) is 6.20. The Morgan fingerprint density at radius 1 is 0.625 bits per heavy atom. The van der Waals surface area contributed by atoms with Crippen molar-refractivity contribution in [2.45, 2.75) is 140 Å². The van der Waals surface area contributed by atoms with E-state index in [-0.39, 0.29) is 5.25 Å². The first-order valence-corrected chi connectivity index (χ1v) is 15.1. The van der Waals surface area contributed by atoms with Gasteiger partial charge in [-0.2, -0.15) is 0 Å². The first-order valence-electron chi connectivity index (χ1n) is 13.6. The fraction of sp³-hybridized carbons (Fsp3) is 0.724. The van der Waals surface area contributed by atoms with Gasteiger partial charge in [0.1, 0.15) is 0 Å². The van der Waals surface area contributed by atoms with Crippen molar-refractivity contribution < 1.29 is 8.42 Å². The van der Waals surface area contributed by atoms with Crippen molar-refractivity contribution >= 4 is 9.84 Å². The lowest BCUT2D eigenvalue weighted by molar-refractivity contribution is 0.521. The first-order chi connectivity index (χ1) is 15.6. The van der Waals surface area contributed by atoms with Crippen LogP contribution in [0.5, 0.6) is 0 Å². The summed E-state index contributed by atoms with van der Waals surface area (Å²) in [6.45, 7) is 4.44. The molecular formula is C29H50O2S. The summed E-state index contributed by atoms with van der Waals surface area (Å²) >= 11 is 0. The molecule has 0 N–H and O–H groups in total. The van der Waals surface area contributed by atoms with Gasteiger partial charge in [0.2, 0.25) is 0 Å². The van der Waals surface area contributed by atoms with Crippen LogP contribution in [0, 0.1) is 0 Å². The van der Waals surface area contributed by atoms with Gasteiger partial charge in [-0.15, -0.1) is 0 Å². The number of unbranched alkanes of at least 4 members (excludes halogenated alkanes) is 13. The maximum absolute atomic E-state index is 13.1. The average molecular weight is 463 g/mol. The van der Waals surface area contributed by atoms with Crippen molar-refractivity contribution in [3.63, 3.8) is 0 Å². The van der Waals surface area contributed by atoms with Gasteiger partial charge in [-0.25, -0.2) is 8.42 Å². The molecule has 1 unspecified atom stereocenters. The number of allylic oxidation sites excluding steroid dienone is 2. The van der Waals surface area contributed by atoms with E-state index >= 15 is 0 Å². The highest BCUT2D eigenvalue weighted by Crippen LogP contribution is 2.25. The molecule has 2 nitrogen and oxygen atoms in total. The minimum absolute atomic E-state index is 0.221. The summed E-state index contributed by atoms with van der Waals surface area (Å²) in [6, 6.07) is 9.05. The minimum atomic E-state index is -3.21. The molecule has 0 saturated carbocycles. The largest absolute Gasteiger partial charge is 0.223 e. The zero-order valence-corrected chi connectivity index (χ0v) is 21.9. The van der Waals surface area contributed by atoms with E-state index in [0.717, 1.165) is 44.9 Å². The van der Waals surface area contributed by atoms with E-state index in [4.69, 9.17) is 0 Å². The second-order valence-corrected chi connectivity index (χ2v) is 11.6. The van der Waals surface area contributed by atoms with Crippen molar-refractivity contribution in [3.8, 4) is 0 Å². The molecule has 1 aromatic rings. The Bertz CT molecular complexity index is 664. The van der Waals surface area contributed by atoms with Gasteiger partial charge in [0.25, 0.3) is 0 Å². The molecule has 0 radical (unpaired) electrons. The van der Waals surface area contributed by atoms with Crippen molar-refractivity contribution in [1.29, 1.82) is 0 Å². The average Bonchev–Trinajstić information content (AvgIpc) is 2.81. The van der Waals surface area contributed by atoms with Gasteiger partial charge < -0.3 is 0 Å². The van der Waals surface area contributed by atoms with Gasteiger partial charge in [0, 0.05) is 0 Å². The highest BCUT2D eigenvalue weighted by molar-refractivity contribution is 7.92. The molecule has 0 heterocycles. The SMILES string of the molecule is CCCCCCCC/C=C\CCCCCCCC(CCCCC)S(=O)(=O)c1ccccc1. The molecule has 0 aromatic heterocycles. The second kappa shape index (κ2) is 19.4. The molecule has 1 aromatic carbocycles. The Hall–Kier alpha value is -1.09. The molecule has 32 heavy (non-hydrogen) atoms. The number of rotatable bonds is 21. The van der Waals surface area contributed by atoms with Crippen LogP contribution in [0.25, 0.3) is 0 Å². The molecule has 0 amide bonds. The van der Waals surface area contributed by atoms with Gasteiger partial charge >= 0.3 is 0 Å². The predicted molar refractivity (Wildman–Crippen MR) is 141 cm³/mol. The third-order valence-electron chi connectivity index (χ3n) is 6.43. The predicted octanol–water partition coefficient (Wildman–Crippen LogP) is 9.45. The zero-order valence-electron chi connectivity index (χ0n) is 21.1. The monoisotopic (exact) mass is 462 g/mol. The number of sulfone groups is 1. The van der Waals surface area contributed by atoms with Crippen LogP contribution in [0.1, 0.15) is 129 Å². The van der Waals surface area contributed by atoms with Gasteiger partial charge in [-0.3, -0.25) is 0 Å². The summed E-state index contributed by atoms with van der Waals surface area (Å²) in [5.74, 6) is 0. The summed E-state index contributed by atoms with van der Waals surface area (Å²) in [7, 11) is -3.21. The van der Waals surface area contributed by atoms with Crippen LogP contribution in [-0.2, 0) is 9.84 Å². The Morgan fingerprint density at radius 2 is 1.06 bits per heavy atom. The maximum atomic E-state index is 13.1. The van der Waals surface area contributed by atoms with Crippen molar-refractivity contribution in [2.24, 2.45) is 0 Å². The van der Waals surface area contributed by atoms with Crippen molar-refractivity contribution in [1.82, 2.24) is 0 Å². The first kappa shape index (κ1) is 28.9. The number of benzene rings is 1. The summed E-state index contributed by atoms with van der Waals surface area (Å²) < 4.78 is 26.2. The summed E-state index contributed by atoms with van der Waals surface area (Å²) in [5, 5.41) is -0.221. The standard InChI is InChI=1S/C29H50O2S/c1-3-5-7-8-9-10-11-12-13-14-15-16-17-18-21-25-28(24-20-6-4-2)32(30,31)29-26-22-19-23-27-29/h12-13,19,22-23,26-28H,3-11,14-18,20-21,24-25H2,1-2H3/b13-12-. The topological polar surface area (TPSA) is 34.1 Å². The van der Waals surface area contributed by atoms with Crippen LogP contribution in [0.4, 0.5) is 0 Å². The molecule has 1 rings (SSSR count). The van der Waals surface area contributed by atoms with Crippen LogP contribution in [-0.4, -0.2) is 13.7 Å². The molecule has 3 heteroatoms. The molecule has 0 aliphatic carbocycles. The van der Waals surface area contributed by atoms with E-state index in [0.29, 0.717) is 4.90 Å². The molecule has 0 saturated heterocycles. The molecule has 0 fully saturated rings. The maximum Gasteiger partial charge on any atom is 0.181 e.